The van der Waals surface area contributed by atoms with Gasteiger partial charge in [-0.05, 0) is 25.2 Å². The molecule has 0 saturated carbocycles. The minimum Gasteiger partial charge on any atom is -0.396 e. The maximum atomic E-state index is 11.5. The van der Waals surface area contributed by atoms with Crippen LogP contribution in [0.1, 0.15) is 32.6 Å². The van der Waals surface area contributed by atoms with Crippen molar-refractivity contribution in [2.24, 2.45) is 5.92 Å². The van der Waals surface area contributed by atoms with E-state index in [2.05, 4.69) is 6.92 Å². The van der Waals surface area contributed by atoms with Gasteiger partial charge in [0.1, 0.15) is 0 Å². The van der Waals surface area contributed by atoms with Crippen molar-refractivity contribution in [2.45, 2.75) is 32.6 Å². The van der Waals surface area contributed by atoms with E-state index in [1.54, 1.807) is 0 Å². The highest BCUT2D eigenvalue weighted by atomic mass is 16.3. The van der Waals surface area contributed by atoms with Crippen molar-refractivity contribution in [3.8, 4) is 0 Å². The minimum atomic E-state index is 0.120. The zero-order valence-corrected chi connectivity index (χ0v) is 8.33. The first kappa shape index (κ1) is 10.5. The van der Waals surface area contributed by atoms with Crippen molar-refractivity contribution in [3.05, 3.63) is 0 Å². The van der Waals surface area contributed by atoms with Gasteiger partial charge in [-0.3, -0.25) is 4.79 Å². The van der Waals surface area contributed by atoms with Crippen LogP contribution in [0.5, 0.6) is 0 Å². The summed E-state index contributed by atoms with van der Waals surface area (Å²) in [6.07, 6.45) is 3.47. The Morgan fingerprint density at radius 2 is 2.38 bits per heavy atom. The van der Waals surface area contributed by atoms with E-state index in [0.29, 0.717) is 18.8 Å². The fraction of sp³-hybridized carbons (Fsp3) is 0.900. The molecule has 0 radical (unpaired) electrons. The van der Waals surface area contributed by atoms with Crippen LogP contribution in [-0.4, -0.2) is 35.6 Å². The van der Waals surface area contributed by atoms with Gasteiger partial charge < -0.3 is 10.0 Å². The van der Waals surface area contributed by atoms with Crippen LogP contribution in [-0.2, 0) is 4.79 Å². The van der Waals surface area contributed by atoms with Gasteiger partial charge in [0.2, 0.25) is 5.91 Å². The average molecular weight is 185 g/mol. The standard InChI is InChI=1S/C10H19NO2/c1-9-4-2-6-11(8-9)10(13)5-3-7-12/h9,12H,2-8H2,1H3. The van der Waals surface area contributed by atoms with Crippen molar-refractivity contribution in [2.75, 3.05) is 19.7 Å². The first-order chi connectivity index (χ1) is 6.24. The van der Waals surface area contributed by atoms with Crippen molar-refractivity contribution >= 4 is 5.91 Å². The number of hydrogen-bond donors (Lipinski definition) is 1. The van der Waals surface area contributed by atoms with E-state index in [1.807, 2.05) is 4.90 Å². The van der Waals surface area contributed by atoms with E-state index in [-0.39, 0.29) is 12.5 Å². The molecule has 0 aliphatic carbocycles. The molecular formula is C10H19NO2. The molecule has 0 spiro atoms. The Morgan fingerprint density at radius 1 is 1.62 bits per heavy atom. The van der Waals surface area contributed by atoms with Crippen LogP contribution in [0.4, 0.5) is 0 Å². The fourth-order valence-electron chi connectivity index (χ4n) is 1.80. The number of likely N-dealkylation sites (tertiary alicyclic amines) is 1. The van der Waals surface area contributed by atoms with E-state index in [9.17, 15) is 4.79 Å². The summed E-state index contributed by atoms with van der Waals surface area (Å²) in [6, 6.07) is 0. The number of aliphatic hydroxyl groups is 1. The third-order valence-electron chi connectivity index (χ3n) is 2.56. The van der Waals surface area contributed by atoms with Crippen LogP contribution >= 0.6 is 0 Å². The Balaban J connectivity index is 2.28. The molecule has 1 fully saturated rings. The van der Waals surface area contributed by atoms with Crippen molar-refractivity contribution in [1.82, 2.24) is 4.90 Å². The van der Waals surface area contributed by atoms with Crippen molar-refractivity contribution in [1.29, 1.82) is 0 Å². The van der Waals surface area contributed by atoms with Gasteiger partial charge in [0.05, 0.1) is 0 Å². The molecule has 1 rings (SSSR count). The van der Waals surface area contributed by atoms with E-state index >= 15 is 0 Å². The molecule has 1 saturated heterocycles. The summed E-state index contributed by atoms with van der Waals surface area (Å²) in [4.78, 5) is 13.5. The van der Waals surface area contributed by atoms with E-state index in [4.69, 9.17) is 5.11 Å². The van der Waals surface area contributed by atoms with Gasteiger partial charge in [-0.15, -0.1) is 0 Å². The number of hydrogen-bond acceptors (Lipinski definition) is 2. The summed E-state index contributed by atoms with van der Waals surface area (Å²) < 4.78 is 0. The number of rotatable bonds is 3. The number of carbonyl (C=O) groups excluding carboxylic acids is 1. The van der Waals surface area contributed by atoms with E-state index < -0.39 is 0 Å². The monoisotopic (exact) mass is 185 g/mol. The maximum Gasteiger partial charge on any atom is 0.222 e. The molecule has 0 aromatic heterocycles. The fourth-order valence-corrected chi connectivity index (χ4v) is 1.80. The number of carbonyl (C=O) groups is 1. The molecule has 1 aliphatic rings. The smallest absolute Gasteiger partial charge is 0.222 e. The molecule has 1 atom stereocenters. The lowest BCUT2D eigenvalue weighted by atomic mass is 10.00. The second-order valence-electron chi connectivity index (χ2n) is 3.91. The van der Waals surface area contributed by atoms with Gasteiger partial charge in [0, 0.05) is 26.1 Å². The number of nitrogens with zero attached hydrogens (tertiary/aromatic N) is 1. The van der Waals surface area contributed by atoms with Gasteiger partial charge >= 0.3 is 0 Å². The molecule has 3 heteroatoms. The average Bonchev–Trinajstić information content (AvgIpc) is 2.14. The highest BCUT2D eigenvalue weighted by Crippen LogP contribution is 2.16. The molecule has 0 aromatic carbocycles. The topological polar surface area (TPSA) is 40.5 Å². The summed E-state index contributed by atoms with van der Waals surface area (Å²) >= 11 is 0. The number of piperidine rings is 1. The molecular weight excluding hydrogens is 166 g/mol. The third-order valence-corrected chi connectivity index (χ3v) is 2.56. The Hall–Kier alpha value is -0.570. The molecule has 0 aromatic rings. The quantitative estimate of drug-likeness (QED) is 0.713. The van der Waals surface area contributed by atoms with Gasteiger partial charge in [-0.2, -0.15) is 0 Å². The van der Waals surface area contributed by atoms with Crippen LogP contribution in [0.2, 0.25) is 0 Å². The zero-order chi connectivity index (χ0) is 9.68. The van der Waals surface area contributed by atoms with Crippen molar-refractivity contribution in [3.63, 3.8) is 0 Å². The molecule has 3 nitrogen and oxygen atoms in total. The summed E-state index contributed by atoms with van der Waals surface area (Å²) in [5, 5.41) is 8.59. The van der Waals surface area contributed by atoms with Crippen LogP contribution in [0.3, 0.4) is 0 Å². The highest BCUT2D eigenvalue weighted by Gasteiger charge is 2.19. The predicted octanol–water partition coefficient (Wildman–Crippen LogP) is 1.02. The van der Waals surface area contributed by atoms with Crippen LogP contribution in [0, 0.1) is 5.92 Å². The van der Waals surface area contributed by atoms with Gasteiger partial charge in [-0.1, -0.05) is 6.92 Å². The molecule has 1 N–H and O–H groups in total. The number of aliphatic hydroxyl groups excluding tert-OH is 1. The summed E-state index contributed by atoms with van der Waals surface area (Å²) in [5.74, 6) is 0.854. The highest BCUT2D eigenvalue weighted by molar-refractivity contribution is 5.76. The van der Waals surface area contributed by atoms with Gasteiger partial charge in [-0.25, -0.2) is 0 Å². The Kier molecular flexibility index (Phi) is 4.22. The van der Waals surface area contributed by atoms with Crippen LogP contribution < -0.4 is 0 Å². The first-order valence-corrected chi connectivity index (χ1v) is 5.12. The lowest BCUT2D eigenvalue weighted by molar-refractivity contribution is -0.133. The van der Waals surface area contributed by atoms with E-state index in [0.717, 1.165) is 19.5 Å². The molecule has 0 bridgehead atoms. The zero-order valence-electron chi connectivity index (χ0n) is 8.33. The lowest BCUT2D eigenvalue weighted by Crippen LogP contribution is -2.39. The third kappa shape index (κ3) is 3.35. The first-order valence-electron chi connectivity index (χ1n) is 5.12. The largest absolute Gasteiger partial charge is 0.396 e. The summed E-state index contributed by atoms with van der Waals surface area (Å²) in [5.41, 5.74) is 0. The Morgan fingerprint density at radius 3 is 3.00 bits per heavy atom. The second kappa shape index (κ2) is 5.22. The summed E-state index contributed by atoms with van der Waals surface area (Å²) in [7, 11) is 0. The number of amides is 1. The second-order valence-corrected chi connectivity index (χ2v) is 3.91. The minimum absolute atomic E-state index is 0.120. The maximum absolute atomic E-state index is 11.5. The molecule has 1 unspecified atom stereocenters. The van der Waals surface area contributed by atoms with Crippen LogP contribution in [0.15, 0.2) is 0 Å². The van der Waals surface area contributed by atoms with Crippen molar-refractivity contribution < 1.29 is 9.90 Å². The molecule has 1 aliphatic heterocycles. The molecule has 13 heavy (non-hydrogen) atoms. The predicted molar refractivity (Wildman–Crippen MR) is 51.3 cm³/mol. The van der Waals surface area contributed by atoms with E-state index in [1.165, 1.54) is 6.42 Å². The normalized spacial score (nSPS) is 23.2. The van der Waals surface area contributed by atoms with Gasteiger partial charge in [0.15, 0.2) is 0 Å². The summed E-state index contributed by atoms with van der Waals surface area (Å²) in [6.45, 7) is 4.12. The van der Waals surface area contributed by atoms with Crippen LogP contribution in [0.25, 0.3) is 0 Å². The Labute approximate surface area is 79.7 Å². The van der Waals surface area contributed by atoms with Gasteiger partial charge in [0.25, 0.3) is 0 Å². The lowest BCUT2D eigenvalue weighted by Gasteiger charge is -2.30. The molecule has 76 valence electrons. The Bertz CT molecular complexity index is 170. The SMILES string of the molecule is CC1CCCN(C(=O)CCCO)C1. The molecule has 1 amide bonds. The molecule has 1 heterocycles.